The third kappa shape index (κ3) is 5.07. The van der Waals surface area contributed by atoms with E-state index in [1.165, 1.54) is 0 Å². The monoisotopic (exact) mass is 447 g/mol. The lowest BCUT2D eigenvalue weighted by atomic mass is 10.1. The maximum absolute atomic E-state index is 12.4. The number of piperazine rings is 1. The van der Waals surface area contributed by atoms with E-state index in [-0.39, 0.29) is 12.3 Å². The van der Waals surface area contributed by atoms with Crippen molar-refractivity contribution in [2.45, 2.75) is 13.3 Å². The SMILES string of the molecule is CC(CC(=O)N1CCNCC1)C(=O)Oc1ccc(Oc2ccc3[nH]c(N)c(C#N)c3c2)cc1. The van der Waals surface area contributed by atoms with E-state index in [1.54, 1.807) is 54.3 Å². The second kappa shape index (κ2) is 9.63. The van der Waals surface area contributed by atoms with E-state index >= 15 is 0 Å². The minimum atomic E-state index is -0.543. The lowest BCUT2D eigenvalue weighted by Gasteiger charge is -2.28. The number of hydrogen-bond acceptors (Lipinski definition) is 7. The minimum absolute atomic E-state index is 0.0367. The van der Waals surface area contributed by atoms with Gasteiger partial charge in [-0.25, -0.2) is 0 Å². The number of amides is 1. The molecule has 0 saturated carbocycles. The van der Waals surface area contributed by atoms with E-state index in [2.05, 4.69) is 16.4 Å². The second-order valence-electron chi connectivity index (χ2n) is 7.96. The van der Waals surface area contributed by atoms with Gasteiger partial charge in [-0.15, -0.1) is 0 Å². The van der Waals surface area contributed by atoms with Gasteiger partial charge in [0.15, 0.2) is 0 Å². The molecule has 33 heavy (non-hydrogen) atoms. The first-order chi connectivity index (χ1) is 15.9. The van der Waals surface area contributed by atoms with Gasteiger partial charge in [-0.3, -0.25) is 9.59 Å². The van der Waals surface area contributed by atoms with Crippen molar-refractivity contribution < 1.29 is 19.1 Å². The van der Waals surface area contributed by atoms with Crippen LogP contribution in [0.4, 0.5) is 5.82 Å². The minimum Gasteiger partial charge on any atom is -0.457 e. The van der Waals surface area contributed by atoms with Gasteiger partial charge < -0.3 is 30.4 Å². The van der Waals surface area contributed by atoms with Crippen molar-refractivity contribution in [1.29, 1.82) is 5.26 Å². The molecule has 1 aliphatic heterocycles. The van der Waals surface area contributed by atoms with Gasteiger partial charge in [-0.2, -0.15) is 5.26 Å². The number of nitrogens with zero attached hydrogens (tertiary/aromatic N) is 2. The van der Waals surface area contributed by atoms with Crippen molar-refractivity contribution in [2.75, 3.05) is 31.9 Å². The molecule has 0 spiro atoms. The molecule has 1 fully saturated rings. The third-order valence-electron chi connectivity index (χ3n) is 5.54. The summed E-state index contributed by atoms with van der Waals surface area (Å²) in [4.78, 5) is 29.5. The Morgan fingerprint density at radius 3 is 2.48 bits per heavy atom. The summed E-state index contributed by atoms with van der Waals surface area (Å²) in [6.45, 7) is 4.55. The lowest BCUT2D eigenvalue weighted by Crippen LogP contribution is -2.47. The zero-order valence-electron chi connectivity index (χ0n) is 18.3. The largest absolute Gasteiger partial charge is 0.457 e. The van der Waals surface area contributed by atoms with Crippen molar-refractivity contribution in [3.05, 3.63) is 48.0 Å². The Kier molecular flexibility index (Phi) is 6.47. The summed E-state index contributed by atoms with van der Waals surface area (Å²) in [7, 11) is 0. The Bertz CT molecular complexity index is 1210. The number of aromatic amines is 1. The van der Waals surface area contributed by atoms with Crippen LogP contribution < -0.4 is 20.5 Å². The van der Waals surface area contributed by atoms with E-state index in [1.807, 2.05) is 0 Å². The summed E-state index contributed by atoms with van der Waals surface area (Å²) < 4.78 is 11.3. The molecule has 1 aromatic heterocycles. The highest BCUT2D eigenvalue weighted by Crippen LogP contribution is 2.30. The fourth-order valence-electron chi connectivity index (χ4n) is 3.69. The number of carbonyl (C=O) groups excluding carboxylic acids is 2. The summed E-state index contributed by atoms with van der Waals surface area (Å²) in [5, 5.41) is 13.2. The highest BCUT2D eigenvalue weighted by Gasteiger charge is 2.23. The zero-order chi connectivity index (χ0) is 23.4. The summed E-state index contributed by atoms with van der Waals surface area (Å²) >= 11 is 0. The second-order valence-corrected chi connectivity index (χ2v) is 7.96. The first kappa shape index (κ1) is 22.2. The number of nitrogens with two attached hydrogens (primary N) is 1. The van der Waals surface area contributed by atoms with Crippen LogP contribution in [-0.2, 0) is 9.59 Å². The number of rotatable bonds is 6. The number of carbonyl (C=O) groups is 2. The Morgan fingerprint density at radius 1 is 1.12 bits per heavy atom. The van der Waals surface area contributed by atoms with Gasteiger partial charge in [0.1, 0.15) is 34.7 Å². The molecule has 2 aromatic carbocycles. The van der Waals surface area contributed by atoms with Crippen molar-refractivity contribution in [3.63, 3.8) is 0 Å². The van der Waals surface area contributed by atoms with Crippen LogP contribution in [0.5, 0.6) is 17.2 Å². The average molecular weight is 447 g/mol. The third-order valence-corrected chi connectivity index (χ3v) is 5.54. The summed E-state index contributed by atoms with van der Waals surface area (Å²) in [5.41, 5.74) is 6.95. The van der Waals surface area contributed by atoms with E-state index in [0.717, 1.165) is 18.6 Å². The average Bonchev–Trinajstić information content (AvgIpc) is 3.15. The standard InChI is InChI=1S/C24H25N5O4/c1-15(12-22(30)29-10-8-27-9-11-29)24(31)33-17-4-2-16(3-5-17)32-18-6-7-21-19(13-18)20(14-25)23(26)28-21/h2-7,13,15,27-28H,8-12,26H2,1H3. The van der Waals surface area contributed by atoms with Crippen LogP contribution in [0.2, 0.25) is 0 Å². The molecule has 2 heterocycles. The Morgan fingerprint density at radius 2 is 1.79 bits per heavy atom. The highest BCUT2D eigenvalue weighted by atomic mass is 16.5. The van der Waals surface area contributed by atoms with Crippen LogP contribution in [0.1, 0.15) is 18.9 Å². The number of H-pyrrole nitrogens is 1. The molecular formula is C24H25N5O4. The van der Waals surface area contributed by atoms with Crippen LogP contribution in [0.3, 0.4) is 0 Å². The number of hydrogen-bond donors (Lipinski definition) is 3. The maximum atomic E-state index is 12.4. The van der Waals surface area contributed by atoms with E-state index in [4.69, 9.17) is 15.2 Å². The lowest BCUT2D eigenvalue weighted by molar-refractivity contribution is -0.143. The first-order valence-electron chi connectivity index (χ1n) is 10.7. The van der Waals surface area contributed by atoms with E-state index in [0.29, 0.717) is 47.1 Å². The molecule has 0 radical (unpaired) electrons. The molecular weight excluding hydrogens is 422 g/mol. The maximum Gasteiger partial charge on any atom is 0.314 e. The normalized spacial score (nSPS) is 14.5. The van der Waals surface area contributed by atoms with Crippen LogP contribution in [0.25, 0.3) is 10.9 Å². The molecule has 9 heteroatoms. The fraction of sp³-hybridized carbons (Fsp3) is 0.292. The Balaban J connectivity index is 1.35. The number of esters is 1. The van der Waals surface area contributed by atoms with E-state index < -0.39 is 11.9 Å². The van der Waals surface area contributed by atoms with Gasteiger partial charge in [0, 0.05) is 43.5 Å². The van der Waals surface area contributed by atoms with Crippen molar-refractivity contribution >= 4 is 28.6 Å². The number of anilines is 1. The molecule has 9 nitrogen and oxygen atoms in total. The molecule has 4 N–H and O–H groups in total. The first-order valence-corrected chi connectivity index (χ1v) is 10.7. The summed E-state index contributed by atoms with van der Waals surface area (Å²) in [6, 6.07) is 14.0. The Labute approximate surface area is 191 Å². The Hall–Kier alpha value is -4.03. The molecule has 1 aliphatic rings. The van der Waals surface area contributed by atoms with Crippen molar-refractivity contribution in [2.24, 2.45) is 5.92 Å². The van der Waals surface area contributed by atoms with Crippen LogP contribution >= 0.6 is 0 Å². The molecule has 1 unspecified atom stereocenters. The molecule has 1 saturated heterocycles. The van der Waals surface area contributed by atoms with Crippen LogP contribution in [0.15, 0.2) is 42.5 Å². The van der Waals surface area contributed by atoms with E-state index in [9.17, 15) is 14.9 Å². The number of nitrogen functional groups attached to an aromatic ring is 1. The quantitative estimate of drug-likeness (QED) is 0.391. The van der Waals surface area contributed by atoms with Gasteiger partial charge in [0.25, 0.3) is 0 Å². The van der Waals surface area contributed by atoms with Crippen LogP contribution in [-0.4, -0.2) is 47.9 Å². The van der Waals surface area contributed by atoms with Crippen molar-refractivity contribution in [3.8, 4) is 23.3 Å². The number of nitriles is 1. The van der Waals surface area contributed by atoms with Gasteiger partial charge in [0.2, 0.25) is 5.91 Å². The van der Waals surface area contributed by atoms with Crippen LogP contribution in [0, 0.1) is 17.2 Å². The number of aromatic nitrogens is 1. The van der Waals surface area contributed by atoms with Crippen molar-refractivity contribution in [1.82, 2.24) is 15.2 Å². The smallest absolute Gasteiger partial charge is 0.314 e. The molecule has 0 bridgehead atoms. The van der Waals surface area contributed by atoms with Gasteiger partial charge >= 0.3 is 5.97 Å². The topological polar surface area (TPSA) is 133 Å². The predicted octanol–water partition coefficient (Wildman–Crippen LogP) is 2.78. The molecule has 3 aromatic rings. The molecule has 1 amide bonds. The fourth-order valence-corrected chi connectivity index (χ4v) is 3.69. The summed E-state index contributed by atoms with van der Waals surface area (Å²) in [6.07, 6.45) is 0.122. The van der Waals surface area contributed by atoms with Gasteiger partial charge in [-0.1, -0.05) is 6.92 Å². The van der Waals surface area contributed by atoms with Gasteiger partial charge in [-0.05, 0) is 42.5 Å². The molecule has 4 rings (SSSR count). The number of fused-ring (bicyclic) bond motifs is 1. The number of ether oxygens (including phenoxy) is 2. The molecule has 1 atom stereocenters. The zero-order valence-corrected chi connectivity index (χ0v) is 18.3. The molecule has 0 aliphatic carbocycles. The number of nitrogens with one attached hydrogen (secondary N) is 2. The predicted molar refractivity (Wildman–Crippen MR) is 123 cm³/mol. The molecule has 170 valence electrons. The summed E-state index contributed by atoms with van der Waals surface area (Å²) in [5.74, 6) is 0.741. The number of benzene rings is 2. The highest BCUT2D eigenvalue weighted by molar-refractivity contribution is 5.92. The van der Waals surface area contributed by atoms with Gasteiger partial charge in [0.05, 0.1) is 5.92 Å².